The molecule has 1 aliphatic heterocycles. The summed E-state index contributed by atoms with van der Waals surface area (Å²) in [5.74, 6) is 1.54. The molecular weight excluding hydrogens is 162 g/mol. The summed E-state index contributed by atoms with van der Waals surface area (Å²) in [6, 6.07) is 0. The number of nitrogens with zero attached hydrogens (tertiary/aromatic N) is 1. The van der Waals surface area contributed by atoms with Crippen molar-refractivity contribution in [3.63, 3.8) is 0 Å². The van der Waals surface area contributed by atoms with Crippen molar-refractivity contribution in [2.75, 3.05) is 13.2 Å². The second-order valence-corrected chi connectivity index (χ2v) is 3.82. The third-order valence-electron chi connectivity index (χ3n) is 2.52. The summed E-state index contributed by atoms with van der Waals surface area (Å²) in [5, 5.41) is 0. The average molecular weight is 183 g/mol. The molecule has 0 saturated heterocycles. The quantitative estimate of drug-likeness (QED) is 0.580. The Balaban J connectivity index is 2.06. The van der Waals surface area contributed by atoms with Gasteiger partial charge in [-0.25, -0.2) is 0 Å². The predicted octanol–water partition coefficient (Wildman–Crippen LogP) is 3.02. The van der Waals surface area contributed by atoms with Gasteiger partial charge in [-0.15, -0.1) is 0 Å². The first-order valence-corrected chi connectivity index (χ1v) is 5.51. The summed E-state index contributed by atoms with van der Waals surface area (Å²) in [6.45, 7) is 6.13. The highest BCUT2D eigenvalue weighted by atomic mass is 16.5. The second-order valence-electron chi connectivity index (χ2n) is 3.82. The molecule has 1 rings (SSSR count). The third kappa shape index (κ3) is 3.79. The average Bonchev–Trinajstić information content (AvgIpc) is 2.65. The van der Waals surface area contributed by atoms with Crippen LogP contribution in [0.25, 0.3) is 0 Å². The summed E-state index contributed by atoms with van der Waals surface area (Å²) in [5.41, 5.74) is 0. The zero-order valence-electron chi connectivity index (χ0n) is 8.88. The lowest BCUT2D eigenvalue weighted by Crippen LogP contribution is -2.11. The fourth-order valence-corrected chi connectivity index (χ4v) is 1.65. The van der Waals surface area contributed by atoms with Gasteiger partial charge in [-0.3, -0.25) is 4.99 Å². The number of hydrogen-bond acceptors (Lipinski definition) is 2. The van der Waals surface area contributed by atoms with Gasteiger partial charge in [-0.05, 0) is 6.42 Å². The number of hydrogen-bond donors (Lipinski definition) is 0. The molecule has 0 amide bonds. The molecule has 2 nitrogen and oxygen atoms in total. The molecule has 0 saturated carbocycles. The van der Waals surface area contributed by atoms with Gasteiger partial charge in [0.15, 0.2) is 5.90 Å². The second kappa shape index (κ2) is 6.01. The van der Waals surface area contributed by atoms with Crippen LogP contribution in [-0.2, 0) is 4.74 Å². The van der Waals surface area contributed by atoms with Crippen LogP contribution >= 0.6 is 0 Å². The van der Waals surface area contributed by atoms with E-state index in [1.165, 1.54) is 32.1 Å². The van der Waals surface area contributed by atoms with Crippen molar-refractivity contribution in [1.29, 1.82) is 0 Å². The van der Waals surface area contributed by atoms with Crippen LogP contribution in [0, 0.1) is 5.92 Å². The van der Waals surface area contributed by atoms with E-state index in [-0.39, 0.29) is 0 Å². The largest absolute Gasteiger partial charge is 0.479 e. The Morgan fingerprint density at radius 2 is 2.23 bits per heavy atom. The summed E-state index contributed by atoms with van der Waals surface area (Å²) in [4.78, 5) is 4.33. The number of unbranched alkanes of at least 4 members (excludes halogenated alkanes) is 3. The highest BCUT2D eigenvalue weighted by Gasteiger charge is 2.14. The Morgan fingerprint density at radius 1 is 1.38 bits per heavy atom. The topological polar surface area (TPSA) is 21.6 Å². The van der Waals surface area contributed by atoms with Gasteiger partial charge in [0.2, 0.25) is 0 Å². The molecule has 76 valence electrons. The number of rotatable bonds is 6. The highest BCUT2D eigenvalue weighted by molar-refractivity contribution is 5.79. The van der Waals surface area contributed by atoms with Crippen molar-refractivity contribution >= 4 is 5.90 Å². The molecule has 1 aliphatic rings. The van der Waals surface area contributed by atoms with Gasteiger partial charge in [0.05, 0.1) is 6.54 Å². The molecular formula is C11H21NO. The van der Waals surface area contributed by atoms with Gasteiger partial charge in [-0.1, -0.05) is 39.5 Å². The third-order valence-corrected chi connectivity index (χ3v) is 2.52. The molecule has 0 spiro atoms. The Morgan fingerprint density at radius 3 is 2.85 bits per heavy atom. The lowest BCUT2D eigenvalue weighted by Gasteiger charge is -2.10. The van der Waals surface area contributed by atoms with Gasteiger partial charge in [0, 0.05) is 5.92 Å². The highest BCUT2D eigenvalue weighted by Crippen LogP contribution is 2.14. The number of aliphatic imine (C=N–C) groups is 1. The maximum absolute atomic E-state index is 5.42. The van der Waals surface area contributed by atoms with E-state index in [2.05, 4.69) is 18.8 Å². The molecule has 0 aliphatic carbocycles. The monoisotopic (exact) mass is 183 g/mol. The van der Waals surface area contributed by atoms with Crippen molar-refractivity contribution in [3.05, 3.63) is 0 Å². The zero-order chi connectivity index (χ0) is 9.52. The van der Waals surface area contributed by atoms with Gasteiger partial charge in [0.1, 0.15) is 6.61 Å². The summed E-state index contributed by atoms with van der Waals surface area (Å²) >= 11 is 0. The minimum Gasteiger partial charge on any atom is -0.479 e. The van der Waals surface area contributed by atoms with Crippen LogP contribution in [0.2, 0.25) is 0 Å². The van der Waals surface area contributed by atoms with Crippen molar-refractivity contribution in [3.8, 4) is 0 Å². The SMILES string of the molecule is CCCCCCC(C)C1=NCCO1. The Kier molecular flexibility index (Phi) is 4.87. The maximum atomic E-state index is 5.42. The standard InChI is InChI=1S/C11H21NO/c1-3-4-5-6-7-10(2)11-12-8-9-13-11/h10H,3-9H2,1-2H3. The van der Waals surface area contributed by atoms with Crippen LogP contribution in [-0.4, -0.2) is 19.0 Å². The van der Waals surface area contributed by atoms with Crippen molar-refractivity contribution in [1.82, 2.24) is 0 Å². The summed E-state index contributed by atoms with van der Waals surface area (Å²) in [6.07, 6.45) is 6.58. The van der Waals surface area contributed by atoms with E-state index >= 15 is 0 Å². The lowest BCUT2D eigenvalue weighted by atomic mass is 10.0. The van der Waals surface area contributed by atoms with E-state index in [0.717, 1.165) is 19.0 Å². The molecule has 0 radical (unpaired) electrons. The van der Waals surface area contributed by atoms with Crippen molar-refractivity contribution in [2.45, 2.75) is 46.0 Å². The molecule has 0 bridgehead atoms. The Hall–Kier alpha value is -0.530. The van der Waals surface area contributed by atoms with E-state index < -0.39 is 0 Å². The van der Waals surface area contributed by atoms with Crippen LogP contribution in [0.4, 0.5) is 0 Å². The van der Waals surface area contributed by atoms with E-state index in [0.29, 0.717) is 5.92 Å². The molecule has 1 heterocycles. The maximum Gasteiger partial charge on any atom is 0.186 e. The first-order valence-electron chi connectivity index (χ1n) is 5.51. The molecule has 0 N–H and O–H groups in total. The molecule has 0 aromatic carbocycles. The zero-order valence-corrected chi connectivity index (χ0v) is 8.88. The van der Waals surface area contributed by atoms with Gasteiger partial charge in [0.25, 0.3) is 0 Å². The molecule has 0 aromatic rings. The first-order chi connectivity index (χ1) is 6.34. The minimum atomic E-state index is 0.541. The fraction of sp³-hybridized carbons (Fsp3) is 0.909. The van der Waals surface area contributed by atoms with Crippen LogP contribution in [0.1, 0.15) is 46.0 Å². The molecule has 13 heavy (non-hydrogen) atoms. The molecule has 1 unspecified atom stereocenters. The van der Waals surface area contributed by atoms with E-state index in [1.807, 2.05) is 0 Å². The smallest absolute Gasteiger partial charge is 0.186 e. The number of ether oxygens (including phenoxy) is 1. The Labute approximate surface area is 81.4 Å². The van der Waals surface area contributed by atoms with Crippen LogP contribution < -0.4 is 0 Å². The minimum absolute atomic E-state index is 0.541. The molecule has 0 fully saturated rings. The van der Waals surface area contributed by atoms with Crippen LogP contribution in [0.15, 0.2) is 4.99 Å². The summed E-state index contributed by atoms with van der Waals surface area (Å²) < 4.78 is 5.42. The summed E-state index contributed by atoms with van der Waals surface area (Å²) in [7, 11) is 0. The first kappa shape index (κ1) is 10.6. The van der Waals surface area contributed by atoms with Crippen molar-refractivity contribution < 1.29 is 4.74 Å². The van der Waals surface area contributed by atoms with Crippen LogP contribution in [0.5, 0.6) is 0 Å². The predicted molar refractivity (Wildman–Crippen MR) is 56.2 cm³/mol. The normalized spacial score (nSPS) is 18.2. The van der Waals surface area contributed by atoms with Crippen molar-refractivity contribution in [2.24, 2.45) is 10.9 Å². The van der Waals surface area contributed by atoms with Crippen LogP contribution in [0.3, 0.4) is 0 Å². The van der Waals surface area contributed by atoms with Gasteiger partial charge >= 0.3 is 0 Å². The van der Waals surface area contributed by atoms with Gasteiger partial charge in [-0.2, -0.15) is 0 Å². The fourth-order valence-electron chi connectivity index (χ4n) is 1.65. The molecule has 0 aromatic heterocycles. The van der Waals surface area contributed by atoms with E-state index in [4.69, 9.17) is 4.74 Å². The van der Waals surface area contributed by atoms with E-state index in [9.17, 15) is 0 Å². The molecule has 2 heteroatoms. The van der Waals surface area contributed by atoms with E-state index in [1.54, 1.807) is 0 Å². The van der Waals surface area contributed by atoms with Gasteiger partial charge < -0.3 is 4.74 Å². The lowest BCUT2D eigenvalue weighted by molar-refractivity contribution is 0.320. The Bertz CT molecular complexity index is 165. The molecule has 1 atom stereocenters.